The first kappa shape index (κ1) is 14.7. The maximum Gasteiger partial charge on any atom is 0.228 e. The Morgan fingerprint density at radius 1 is 1.33 bits per heavy atom. The third-order valence-electron chi connectivity index (χ3n) is 3.45. The van der Waals surface area contributed by atoms with Gasteiger partial charge in [-0.1, -0.05) is 51.1 Å². The summed E-state index contributed by atoms with van der Waals surface area (Å²) < 4.78 is 0. The maximum absolute atomic E-state index is 12.1. The SMILES string of the molecule is CCC(C)(C)CNC(=O)C(CN)c1ccccc1. The van der Waals surface area contributed by atoms with Crippen LogP contribution in [0.3, 0.4) is 0 Å². The van der Waals surface area contributed by atoms with Crippen LogP contribution in [0, 0.1) is 5.41 Å². The van der Waals surface area contributed by atoms with Gasteiger partial charge in [-0.25, -0.2) is 0 Å². The zero-order valence-corrected chi connectivity index (χ0v) is 11.6. The molecule has 0 aliphatic carbocycles. The molecule has 0 fully saturated rings. The quantitative estimate of drug-likeness (QED) is 0.811. The smallest absolute Gasteiger partial charge is 0.228 e. The highest BCUT2D eigenvalue weighted by Gasteiger charge is 2.21. The molecule has 100 valence electrons. The fourth-order valence-corrected chi connectivity index (χ4v) is 1.65. The van der Waals surface area contributed by atoms with Gasteiger partial charge in [0.1, 0.15) is 0 Å². The van der Waals surface area contributed by atoms with Crippen molar-refractivity contribution in [2.75, 3.05) is 13.1 Å². The highest BCUT2D eigenvalue weighted by Crippen LogP contribution is 2.19. The van der Waals surface area contributed by atoms with Crippen molar-refractivity contribution in [3.8, 4) is 0 Å². The van der Waals surface area contributed by atoms with Gasteiger partial charge >= 0.3 is 0 Å². The number of nitrogens with one attached hydrogen (secondary N) is 1. The molecule has 1 amide bonds. The molecule has 0 aliphatic heterocycles. The number of amides is 1. The van der Waals surface area contributed by atoms with Gasteiger partial charge in [-0.2, -0.15) is 0 Å². The molecule has 1 rings (SSSR count). The average molecular weight is 248 g/mol. The predicted octanol–water partition coefficient (Wildman–Crippen LogP) is 2.28. The van der Waals surface area contributed by atoms with Crippen molar-refractivity contribution in [1.82, 2.24) is 5.32 Å². The summed E-state index contributed by atoms with van der Waals surface area (Å²) in [4.78, 5) is 12.1. The Kier molecular flexibility index (Phi) is 5.35. The molecule has 3 heteroatoms. The standard InChI is InChI=1S/C15H24N2O/c1-4-15(2,3)11-17-14(18)13(10-16)12-8-6-5-7-9-12/h5-9,13H,4,10-11,16H2,1-3H3,(H,17,18). The Labute approximate surface area is 110 Å². The van der Waals surface area contributed by atoms with Crippen LogP contribution in [-0.4, -0.2) is 19.0 Å². The molecule has 0 bridgehead atoms. The third kappa shape index (κ3) is 4.15. The molecule has 3 N–H and O–H groups in total. The third-order valence-corrected chi connectivity index (χ3v) is 3.45. The van der Waals surface area contributed by atoms with Crippen LogP contribution < -0.4 is 11.1 Å². The van der Waals surface area contributed by atoms with E-state index in [1.807, 2.05) is 30.3 Å². The van der Waals surface area contributed by atoms with Crippen LogP contribution in [0.1, 0.15) is 38.7 Å². The maximum atomic E-state index is 12.1. The topological polar surface area (TPSA) is 55.1 Å². The minimum Gasteiger partial charge on any atom is -0.355 e. The van der Waals surface area contributed by atoms with Crippen molar-refractivity contribution in [1.29, 1.82) is 0 Å². The molecule has 0 saturated heterocycles. The van der Waals surface area contributed by atoms with Crippen molar-refractivity contribution >= 4 is 5.91 Å². The lowest BCUT2D eigenvalue weighted by molar-refractivity contribution is -0.122. The fraction of sp³-hybridized carbons (Fsp3) is 0.533. The Hall–Kier alpha value is -1.35. The molecule has 0 radical (unpaired) electrons. The first-order chi connectivity index (χ1) is 8.50. The van der Waals surface area contributed by atoms with Gasteiger partial charge in [0, 0.05) is 13.1 Å². The van der Waals surface area contributed by atoms with Crippen molar-refractivity contribution in [2.24, 2.45) is 11.1 Å². The van der Waals surface area contributed by atoms with Gasteiger partial charge < -0.3 is 11.1 Å². The number of benzene rings is 1. The van der Waals surface area contributed by atoms with Crippen LogP contribution in [0.25, 0.3) is 0 Å². The molecule has 0 saturated carbocycles. The molecule has 1 atom stereocenters. The molecule has 3 nitrogen and oxygen atoms in total. The number of nitrogens with two attached hydrogens (primary N) is 1. The minimum atomic E-state index is -0.251. The van der Waals surface area contributed by atoms with E-state index in [4.69, 9.17) is 5.73 Å². The molecule has 0 heterocycles. The number of rotatable bonds is 6. The van der Waals surface area contributed by atoms with E-state index in [9.17, 15) is 4.79 Å². The molecule has 18 heavy (non-hydrogen) atoms. The van der Waals surface area contributed by atoms with E-state index in [1.165, 1.54) is 0 Å². The second-order valence-electron chi connectivity index (χ2n) is 5.43. The largest absolute Gasteiger partial charge is 0.355 e. The lowest BCUT2D eigenvalue weighted by Crippen LogP contribution is -2.38. The Morgan fingerprint density at radius 2 is 1.94 bits per heavy atom. The lowest BCUT2D eigenvalue weighted by Gasteiger charge is -2.24. The first-order valence-corrected chi connectivity index (χ1v) is 6.53. The zero-order valence-electron chi connectivity index (χ0n) is 11.6. The molecular weight excluding hydrogens is 224 g/mol. The summed E-state index contributed by atoms with van der Waals surface area (Å²) in [5, 5.41) is 3.00. The highest BCUT2D eigenvalue weighted by atomic mass is 16.1. The average Bonchev–Trinajstić information content (AvgIpc) is 2.39. The van der Waals surface area contributed by atoms with E-state index in [0.717, 1.165) is 12.0 Å². The van der Waals surface area contributed by atoms with Gasteiger partial charge in [0.25, 0.3) is 0 Å². The van der Waals surface area contributed by atoms with Crippen LogP contribution in [0.2, 0.25) is 0 Å². The molecule has 0 aromatic heterocycles. The van der Waals surface area contributed by atoms with Gasteiger partial charge in [0.05, 0.1) is 5.92 Å². The van der Waals surface area contributed by atoms with Crippen LogP contribution >= 0.6 is 0 Å². The van der Waals surface area contributed by atoms with Crippen molar-refractivity contribution in [3.63, 3.8) is 0 Å². The number of hydrogen-bond donors (Lipinski definition) is 2. The normalized spacial score (nSPS) is 13.1. The second kappa shape index (κ2) is 6.55. The highest BCUT2D eigenvalue weighted by molar-refractivity contribution is 5.83. The Bertz CT molecular complexity index is 373. The van der Waals surface area contributed by atoms with Crippen LogP contribution in [0.4, 0.5) is 0 Å². The monoisotopic (exact) mass is 248 g/mol. The first-order valence-electron chi connectivity index (χ1n) is 6.53. The molecule has 0 aliphatic rings. The van der Waals surface area contributed by atoms with E-state index in [0.29, 0.717) is 13.1 Å². The number of hydrogen-bond acceptors (Lipinski definition) is 2. The summed E-state index contributed by atoms with van der Waals surface area (Å²) in [5.41, 5.74) is 6.83. The van der Waals surface area contributed by atoms with Crippen molar-refractivity contribution < 1.29 is 4.79 Å². The summed E-state index contributed by atoms with van der Waals surface area (Å²) in [5.74, 6) is -0.232. The summed E-state index contributed by atoms with van der Waals surface area (Å²) in [6.45, 7) is 7.44. The van der Waals surface area contributed by atoms with Crippen LogP contribution in [-0.2, 0) is 4.79 Å². The molecular formula is C15H24N2O. The zero-order chi connectivity index (χ0) is 13.6. The molecule has 1 aromatic carbocycles. The summed E-state index contributed by atoms with van der Waals surface area (Å²) >= 11 is 0. The van der Waals surface area contributed by atoms with E-state index in [1.54, 1.807) is 0 Å². The van der Waals surface area contributed by atoms with Crippen LogP contribution in [0.15, 0.2) is 30.3 Å². The van der Waals surface area contributed by atoms with E-state index >= 15 is 0 Å². The summed E-state index contributed by atoms with van der Waals surface area (Å²) in [6.07, 6.45) is 1.03. The Balaban J connectivity index is 2.64. The van der Waals surface area contributed by atoms with Gasteiger partial charge in [0.2, 0.25) is 5.91 Å². The lowest BCUT2D eigenvalue weighted by atomic mass is 9.90. The molecule has 0 spiro atoms. The fourth-order valence-electron chi connectivity index (χ4n) is 1.65. The van der Waals surface area contributed by atoms with Gasteiger partial charge in [-0.3, -0.25) is 4.79 Å². The number of carbonyl (C=O) groups is 1. The molecule has 1 aromatic rings. The summed E-state index contributed by atoms with van der Waals surface area (Å²) in [6, 6.07) is 9.70. The van der Waals surface area contributed by atoms with E-state index < -0.39 is 0 Å². The predicted molar refractivity (Wildman–Crippen MR) is 75.3 cm³/mol. The van der Waals surface area contributed by atoms with Gasteiger partial charge in [-0.15, -0.1) is 0 Å². The number of carbonyl (C=O) groups excluding carboxylic acids is 1. The van der Waals surface area contributed by atoms with E-state index in [-0.39, 0.29) is 17.2 Å². The molecule has 1 unspecified atom stereocenters. The van der Waals surface area contributed by atoms with Crippen LogP contribution in [0.5, 0.6) is 0 Å². The van der Waals surface area contributed by atoms with Gasteiger partial charge in [-0.05, 0) is 17.4 Å². The van der Waals surface area contributed by atoms with Crippen molar-refractivity contribution in [3.05, 3.63) is 35.9 Å². The summed E-state index contributed by atoms with van der Waals surface area (Å²) in [7, 11) is 0. The van der Waals surface area contributed by atoms with E-state index in [2.05, 4.69) is 26.1 Å². The van der Waals surface area contributed by atoms with Gasteiger partial charge in [0.15, 0.2) is 0 Å². The Morgan fingerprint density at radius 3 is 2.44 bits per heavy atom. The van der Waals surface area contributed by atoms with Crippen molar-refractivity contribution in [2.45, 2.75) is 33.1 Å². The second-order valence-corrected chi connectivity index (χ2v) is 5.43. The minimum absolute atomic E-state index is 0.0187.